The molecule has 0 aromatic carbocycles. The van der Waals surface area contributed by atoms with Crippen LogP contribution in [0.2, 0.25) is 0 Å². The number of likely N-dealkylation sites (tertiary alicyclic amines) is 1. The van der Waals surface area contributed by atoms with Gasteiger partial charge in [-0.15, -0.1) is 0 Å². The molecule has 0 aromatic heterocycles. The van der Waals surface area contributed by atoms with Crippen molar-refractivity contribution < 1.29 is 4.79 Å². The maximum absolute atomic E-state index is 11.9. The molecule has 100 valence electrons. The molecule has 0 spiro atoms. The van der Waals surface area contributed by atoms with Gasteiger partial charge in [0, 0.05) is 13.1 Å². The molecule has 0 bridgehead atoms. The van der Waals surface area contributed by atoms with Crippen molar-refractivity contribution in [1.29, 1.82) is 0 Å². The second-order valence-electron chi connectivity index (χ2n) is 5.26. The van der Waals surface area contributed by atoms with Gasteiger partial charge in [0.15, 0.2) is 0 Å². The number of carbonyl (C=O) groups is 1. The predicted octanol–water partition coefficient (Wildman–Crippen LogP) is 2.41. The minimum Gasteiger partial charge on any atom is -0.342 e. The van der Waals surface area contributed by atoms with Gasteiger partial charge in [0.1, 0.15) is 0 Å². The topological polar surface area (TPSA) is 32.3 Å². The largest absolute Gasteiger partial charge is 0.342 e. The van der Waals surface area contributed by atoms with E-state index in [9.17, 15) is 4.79 Å². The van der Waals surface area contributed by atoms with E-state index in [2.05, 4.69) is 26.1 Å². The van der Waals surface area contributed by atoms with Crippen molar-refractivity contribution in [2.45, 2.75) is 52.9 Å². The smallest absolute Gasteiger partial charge is 0.236 e. The van der Waals surface area contributed by atoms with Gasteiger partial charge >= 0.3 is 0 Å². The first-order valence-corrected chi connectivity index (χ1v) is 7.16. The summed E-state index contributed by atoms with van der Waals surface area (Å²) in [5, 5.41) is 3.19. The minimum atomic E-state index is 0.277. The van der Waals surface area contributed by atoms with Crippen LogP contribution in [0.15, 0.2) is 0 Å². The van der Waals surface area contributed by atoms with Gasteiger partial charge < -0.3 is 10.2 Å². The van der Waals surface area contributed by atoms with E-state index in [1.54, 1.807) is 0 Å². The normalized spacial score (nSPS) is 19.4. The van der Waals surface area contributed by atoms with Crippen molar-refractivity contribution in [2.24, 2.45) is 5.41 Å². The molecule has 1 amide bonds. The Morgan fingerprint density at radius 1 is 1.18 bits per heavy atom. The molecule has 1 rings (SSSR count). The molecule has 3 heteroatoms. The number of nitrogens with one attached hydrogen (secondary N) is 1. The lowest BCUT2D eigenvalue weighted by Crippen LogP contribution is -2.46. The van der Waals surface area contributed by atoms with Crippen LogP contribution in [-0.2, 0) is 4.79 Å². The fourth-order valence-corrected chi connectivity index (χ4v) is 2.67. The lowest BCUT2D eigenvalue weighted by Gasteiger charge is -2.41. The third kappa shape index (κ3) is 3.98. The average Bonchev–Trinajstić information content (AvgIpc) is 2.39. The van der Waals surface area contributed by atoms with Crippen LogP contribution in [0.5, 0.6) is 0 Å². The maximum Gasteiger partial charge on any atom is 0.236 e. The third-order valence-electron chi connectivity index (χ3n) is 4.38. The molecule has 0 saturated carbocycles. The molecule has 0 atom stereocenters. The van der Waals surface area contributed by atoms with E-state index < -0.39 is 0 Å². The number of rotatable bonds is 6. The van der Waals surface area contributed by atoms with Gasteiger partial charge in [-0.2, -0.15) is 0 Å². The van der Waals surface area contributed by atoms with Crippen LogP contribution in [0.3, 0.4) is 0 Å². The molecular weight excluding hydrogens is 212 g/mol. The molecule has 3 nitrogen and oxygen atoms in total. The fourth-order valence-electron chi connectivity index (χ4n) is 2.67. The molecular formula is C14H28N2O. The van der Waals surface area contributed by atoms with E-state index in [4.69, 9.17) is 0 Å². The Labute approximate surface area is 106 Å². The highest BCUT2D eigenvalue weighted by molar-refractivity contribution is 5.78. The van der Waals surface area contributed by atoms with Crippen LogP contribution in [0.1, 0.15) is 52.9 Å². The number of hydrogen-bond acceptors (Lipinski definition) is 2. The summed E-state index contributed by atoms with van der Waals surface area (Å²) < 4.78 is 0. The van der Waals surface area contributed by atoms with Gasteiger partial charge in [-0.25, -0.2) is 0 Å². The van der Waals surface area contributed by atoms with E-state index in [0.29, 0.717) is 12.0 Å². The Bertz CT molecular complexity index is 226. The number of nitrogens with zero attached hydrogens (tertiary/aromatic N) is 1. The van der Waals surface area contributed by atoms with E-state index in [1.807, 2.05) is 4.90 Å². The Hall–Kier alpha value is -0.570. The summed E-state index contributed by atoms with van der Waals surface area (Å²) in [5.41, 5.74) is 0.508. The van der Waals surface area contributed by atoms with Crippen molar-refractivity contribution >= 4 is 5.91 Å². The standard InChI is InChI=1S/C14H28N2O/c1-4-9-15-12-13(17)16-10-7-14(5-2,6-3)8-11-16/h15H,4-12H2,1-3H3. The Morgan fingerprint density at radius 2 is 1.76 bits per heavy atom. The van der Waals surface area contributed by atoms with Gasteiger partial charge in [-0.3, -0.25) is 4.79 Å². The molecule has 1 fully saturated rings. The molecule has 0 radical (unpaired) electrons. The minimum absolute atomic E-state index is 0.277. The van der Waals surface area contributed by atoms with Crippen LogP contribution < -0.4 is 5.32 Å². The lowest BCUT2D eigenvalue weighted by atomic mass is 9.74. The summed E-state index contributed by atoms with van der Waals surface area (Å²) in [5.74, 6) is 0.277. The van der Waals surface area contributed by atoms with E-state index in [1.165, 1.54) is 25.7 Å². The highest BCUT2D eigenvalue weighted by Gasteiger charge is 2.32. The van der Waals surface area contributed by atoms with Gasteiger partial charge in [-0.05, 0) is 31.2 Å². The summed E-state index contributed by atoms with van der Waals surface area (Å²) >= 11 is 0. The molecule has 1 saturated heterocycles. The van der Waals surface area contributed by atoms with Crippen LogP contribution in [0.25, 0.3) is 0 Å². The summed E-state index contributed by atoms with van der Waals surface area (Å²) in [6.45, 7) is 10.0. The number of piperidine rings is 1. The maximum atomic E-state index is 11.9. The molecule has 0 aliphatic carbocycles. The Kier molecular flexibility index (Phi) is 5.96. The fraction of sp³-hybridized carbons (Fsp3) is 0.929. The molecule has 1 aliphatic rings. The highest BCUT2D eigenvalue weighted by Crippen LogP contribution is 2.37. The van der Waals surface area contributed by atoms with E-state index in [0.717, 1.165) is 26.1 Å². The van der Waals surface area contributed by atoms with Gasteiger partial charge in [-0.1, -0.05) is 33.6 Å². The molecule has 1 aliphatic heterocycles. The Balaban J connectivity index is 2.33. The lowest BCUT2D eigenvalue weighted by molar-refractivity contribution is -0.132. The highest BCUT2D eigenvalue weighted by atomic mass is 16.2. The van der Waals surface area contributed by atoms with Crippen molar-refractivity contribution in [3.05, 3.63) is 0 Å². The third-order valence-corrected chi connectivity index (χ3v) is 4.38. The predicted molar refractivity (Wildman–Crippen MR) is 72.0 cm³/mol. The van der Waals surface area contributed by atoms with Crippen LogP contribution in [0, 0.1) is 5.41 Å². The SMILES string of the molecule is CCCNCC(=O)N1CCC(CC)(CC)CC1. The van der Waals surface area contributed by atoms with Crippen molar-refractivity contribution in [2.75, 3.05) is 26.2 Å². The number of carbonyl (C=O) groups excluding carboxylic acids is 1. The summed E-state index contributed by atoms with van der Waals surface area (Å²) in [6.07, 6.45) is 5.94. The van der Waals surface area contributed by atoms with Gasteiger partial charge in [0.25, 0.3) is 0 Å². The zero-order valence-corrected chi connectivity index (χ0v) is 11.7. The first-order valence-electron chi connectivity index (χ1n) is 7.16. The zero-order valence-electron chi connectivity index (χ0n) is 11.7. The zero-order chi connectivity index (χ0) is 12.7. The quantitative estimate of drug-likeness (QED) is 0.723. The second-order valence-corrected chi connectivity index (χ2v) is 5.26. The molecule has 1 heterocycles. The summed E-state index contributed by atoms with van der Waals surface area (Å²) in [4.78, 5) is 14.0. The first-order chi connectivity index (χ1) is 8.17. The molecule has 1 N–H and O–H groups in total. The summed E-state index contributed by atoms with van der Waals surface area (Å²) in [7, 11) is 0. The molecule has 17 heavy (non-hydrogen) atoms. The molecule has 0 aromatic rings. The molecule has 0 unspecified atom stereocenters. The monoisotopic (exact) mass is 240 g/mol. The summed E-state index contributed by atoms with van der Waals surface area (Å²) in [6, 6.07) is 0. The van der Waals surface area contributed by atoms with E-state index in [-0.39, 0.29) is 5.91 Å². The first kappa shape index (κ1) is 14.5. The second kappa shape index (κ2) is 7.00. The Morgan fingerprint density at radius 3 is 2.24 bits per heavy atom. The van der Waals surface area contributed by atoms with Crippen LogP contribution in [-0.4, -0.2) is 37.0 Å². The number of amides is 1. The van der Waals surface area contributed by atoms with Crippen molar-refractivity contribution in [3.63, 3.8) is 0 Å². The van der Waals surface area contributed by atoms with Crippen LogP contribution >= 0.6 is 0 Å². The van der Waals surface area contributed by atoms with Crippen LogP contribution in [0.4, 0.5) is 0 Å². The van der Waals surface area contributed by atoms with Crippen molar-refractivity contribution in [1.82, 2.24) is 10.2 Å². The number of hydrogen-bond donors (Lipinski definition) is 1. The van der Waals surface area contributed by atoms with Gasteiger partial charge in [0.05, 0.1) is 6.54 Å². The van der Waals surface area contributed by atoms with E-state index >= 15 is 0 Å². The van der Waals surface area contributed by atoms with Gasteiger partial charge in [0.2, 0.25) is 5.91 Å². The average molecular weight is 240 g/mol. The van der Waals surface area contributed by atoms with Crippen molar-refractivity contribution in [3.8, 4) is 0 Å².